The number of aryl methyl sites for hydroxylation is 1. The molecule has 0 amide bonds. The van der Waals surface area contributed by atoms with Crippen LogP contribution in [0.2, 0.25) is 0 Å². The molecule has 1 N–H and O–H groups in total. The Morgan fingerprint density at radius 2 is 1.85 bits per heavy atom. The van der Waals surface area contributed by atoms with Crippen molar-refractivity contribution in [3.63, 3.8) is 0 Å². The molecule has 3 heteroatoms. The number of nitrogens with zero attached hydrogens (tertiary/aromatic N) is 1. The summed E-state index contributed by atoms with van der Waals surface area (Å²) >= 11 is 1.81. The summed E-state index contributed by atoms with van der Waals surface area (Å²) < 4.78 is 0. The summed E-state index contributed by atoms with van der Waals surface area (Å²) in [7, 11) is 0. The number of aliphatic imine (C=N–C) groups is 1. The largest absolute Gasteiger partial charge is 0.335 e. The quantitative estimate of drug-likeness (QED) is 0.915. The van der Waals surface area contributed by atoms with Gasteiger partial charge in [-0.1, -0.05) is 59.8 Å². The fourth-order valence-electron chi connectivity index (χ4n) is 2.23. The fourth-order valence-corrected chi connectivity index (χ4v) is 3.19. The normalized spacial score (nSPS) is 17.9. The Labute approximate surface area is 124 Å². The Hall–Kier alpha value is -1.74. The molecule has 1 atom stereocenters. The number of thioether (sulfide) groups is 1. The molecule has 0 saturated heterocycles. The van der Waals surface area contributed by atoms with E-state index in [0.717, 1.165) is 23.0 Å². The van der Waals surface area contributed by atoms with E-state index in [9.17, 15) is 0 Å². The van der Waals surface area contributed by atoms with E-state index in [0.29, 0.717) is 6.04 Å². The van der Waals surface area contributed by atoms with Crippen LogP contribution in [0, 0.1) is 6.92 Å². The lowest BCUT2D eigenvalue weighted by Gasteiger charge is -2.05. The lowest BCUT2D eigenvalue weighted by molar-refractivity contribution is 0.762. The molecule has 3 rings (SSSR count). The molecule has 0 saturated carbocycles. The van der Waals surface area contributed by atoms with E-state index in [1.165, 1.54) is 11.1 Å². The maximum atomic E-state index is 4.77. The first-order valence-corrected chi connectivity index (χ1v) is 7.86. The number of anilines is 1. The summed E-state index contributed by atoms with van der Waals surface area (Å²) in [6.07, 6.45) is 1.02. The van der Waals surface area contributed by atoms with Crippen molar-refractivity contribution in [1.29, 1.82) is 0 Å². The molecule has 102 valence electrons. The molecule has 0 aromatic heterocycles. The first kappa shape index (κ1) is 13.3. The third kappa shape index (κ3) is 3.42. The van der Waals surface area contributed by atoms with Crippen molar-refractivity contribution >= 4 is 22.6 Å². The average Bonchev–Trinajstić information content (AvgIpc) is 2.90. The topological polar surface area (TPSA) is 24.4 Å². The molecule has 0 radical (unpaired) electrons. The molecule has 20 heavy (non-hydrogen) atoms. The van der Waals surface area contributed by atoms with Gasteiger partial charge in [0.1, 0.15) is 0 Å². The summed E-state index contributed by atoms with van der Waals surface area (Å²) in [5.41, 5.74) is 3.75. The predicted molar refractivity (Wildman–Crippen MR) is 88.6 cm³/mol. The van der Waals surface area contributed by atoms with Gasteiger partial charge in [-0.2, -0.15) is 0 Å². The molecular weight excluding hydrogens is 264 g/mol. The van der Waals surface area contributed by atoms with Gasteiger partial charge in [-0.15, -0.1) is 0 Å². The van der Waals surface area contributed by atoms with Gasteiger partial charge < -0.3 is 5.32 Å². The Morgan fingerprint density at radius 3 is 2.60 bits per heavy atom. The Kier molecular flexibility index (Phi) is 4.07. The third-order valence-corrected chi connectivity index (χ3v) is 4.36. The monoisotopic (exact) mass is 282 g/mol. The van der Waals surface area contributed by atoms with Crippen LogP contribution in [0.3, 0.4) is 0 Å². The molecule has 1 unspecified atom stereocenters. The van der Waals surface area contributed by atoms with E-state index in [2.05, 4.69) is 66.8 Å². The van der Waals surface area contributed by atoms with Crippen LogP contribution in [0.5, 0.6) is 0 Å². The second-order valence-electron chi connectivity index (χ2n) is 5.08. The van der Waals surface area contributed by atoms with Crippen molar-refractivity contribution in [2.24, 2.45) is 4.99 Å². The van der Waals surface area contributed by atoms with E-state index in [4.69, 9.17) is 4.99 Å². The van der Waals surface area contributed by atoms with Gasteiger partial charge in [-0.3, -0.25) is 4.99 Å². The van der Waals surface area contributed by atoms with E-state index in [1.807, 2.05) is 11.8 Å². The maximum absolute atomic E-state index is 4.77. The molecule has 1 aliphatic heterocycles. The zero-order valence-corrected chi connectivity index (χ0v) is 12.4. The average molecular weight is 282 g/mol. The van der Waals surface area contributed by atoms with Crippen molar-refractivity contribution in [3.8, 4) is 0 Å². The molecule has 2 nitrogen and oxygen atoms in total. The summed E-state index contributed by atoms with van der Waals surface area (Å²) in [5, 5.41) is 4.43. The highest BCUT2D eigenvalue weighted by Gasteiger charge is 2.18. The first-order valence-electron chi connectivity index (χ1n) is 6.88. The summed E-state index contributed by atoms with van der Waals surface area (Å²) in [6, 6.07) is 19.4. The van der Waals surface area contributed by atoms with Gasteiger partial charge in [-0.25, -0.2) is 0 Å². The van der Waals surface area contributed by atoms with Gasteiger partial charge in [0.2, 0.25) is 0 Å². The van der Waals surface area contributed by atoms with E-state index in [-0.39, 0.29) is 0 Å². The summed E-state index contributed by atoms with van der Waals surface area (Å²) in [6.45, 7) is 2.10. The minimum atomic E-state index is 0.385. The Bertz CT molecular complexity index is 590. The van der Waals surface area contributed by atoms with Crippen LogP contribution in [-0.4, -0.2) is 17.0 Å². The van der Waals surface area contributed by atoms with Gasteiger partial charge in [0.05, 0.1) is 6.04 Å². The summed E-state index contributed by atoms with van der Waals surface area (Å²) in [4.78, 5) is 4.77. The minimum Gasteiger partial charge on any atom is -0.335 e. The number of rotatable bonds is 3. The van der Waals surface area contributed by atoms with Gasteiger partial charge in [0, 0.05) is 11.4 Å². The zero-order valence-electron chi connectivity index (χ0n) is 11.5. The predicted octanol–water partition coefficient (Wildman–Crippen LogP) is 4.12. The van der Waals surface area contributed by atoms with Crippen LogP contribution in [0.1, 0.15) is 11.1 Å². The molecule has 0 spiro atoms. The van der Waals surface area contributed by atoms with E-state index in [1.54, 1.807) is 0 Å². The molecule has 0 aliphatic carbocycles. The van der Waals surface area contributed by atoms with Crippen molar-refractivity contribution in [2.75, 3.05) is 11.1 Å². The second kappa shape index (κ2) is 6.14. The Morgan fingerprint density at radius 1 is 1.10 bits per heavy atom. The standard InChI is InChI=1S/C17H18N2S/c1-13-7-9-15(10-8-13)18-17-19-16(12-20-17)11-14-5-3-2-4-6-14/h2-10,16H,11-12H2,1H3,(H,18,19). The third-order valence-electron chi connectivity index (χ3n) is 3.33. The van der Waals surface area contributed by atoms with Crippen LogP contribution < -0.4 is 5.32 Å². The molecule has 1 heterocycles. The van der Waals surface area contributed by atoms with Crippen molar-refractivity contribution in [3.05, 3.63) is 65.7 Å². The highest BCUT2D eigenvalue weighted by atomic mass is 32.2. The van der Waals surface area contributed by atoms with Crippen LogP contribution in [0.15, 0.2) is 59.6 Å². The fraction of sp³-hybridized carbons (Fsp3) is 0.235. The number of hydrogen-bond donors (Lipinski definition) is 1. The molecule has 1 aliphatic rings. The Balaban J connectivity index is 1.62. The number of hydrogen-bond acceptors (Lipinski definition) is 3. The van der Waals surface area contributed by atoms with E-state index >= 15 is 0 Å². The summed E-state index contributed by atoms with van der Waals surface area (Å²) in [5.74, 6) is 1.06. The van der Waals surface area contributed by atoms with Crippen molar-refractivity contribution in [2.45, 2.75) is 19.4 Å². The lowest BCUT2D eigenvalue weighted by Crippen LogP contribution is -2.08. The van der Waals surface area contributed by atoms with Crippen LogP contribution in [0.4, 0.5) is 5.69 Å². The van der Waals surface area contributed by atoms with Gasteiger partial charge in [0.25, 0.3) is 0 Å². The molecule has 2 aromatic rings. The van der Waals surface area contributed by atoms with Gasteiger partial charge >= 0.3 is 0 Å². The molecule has 0 bridgehead atoms. The SMILES string of the molecule is Cc1ccc(NC2=NC(Cc3ccccc3)CS2)cc1. The second-order valence-corrected chi connectivity index (χ2v) is 6.09. The first-order chi connectivity index (χ1) is 9.79. The number of benzene rings is 2. The molecule has 2 aromatic carbocycles. The van der Waals surface area contributed by atoms with Crippen LogP contribution >= 0.6 is 11.8 Å². The smallest absolute Gasteiger partial charge is 0.161 e. The van der Waals surface area contributed by atoms with Gasteiger partial charge in [-0.05, 0) is 31.0 Å². The van der Waals surface area contributed by atoms with Crippen LogP contribution in [-0.2, 0) is 6.42 Å². The highest BCUT2D eigenvalue weighted by Crippen LogP contribution is 2.22. The van der Waals surface area contributed by atoms with E-state index < -0.39 is 0 Å². The van der Waals surface area contributed by atoms with Gasteiger partial charge in [0.15, 0.2) is 5.17 Å². The molecular formula is C17H18N2S. The minimum absolute atomic E-state index is 0.385. The van der Waals surface area contributed by atoms with Crippen LogP contribution in [0.25, 0.3) is 0 Å². The van der Waals surface area contributed by atoms with Crippen molar-refractivity contribution in [1.82, 2.24) is 0 Å². The zero-order chi connectivity index (χ0) is 13.8. The lowest BCUT2D eigenvalue weighted by atomic mass is 10.1. The highest BCUT2D eigenvalue weighted by molar-refractivity contribution is 8.14. The number of amidine groups is 1. The maximum Gasteiger partial charge on any atom is 0.161 e. The molecule has 0 fully saturated rings. The van der Waals surface area contributed by atoms with Crippen molar-refractivity contribution < 1.29 is 0 Å². The number of nitrogens with one attached hydrogen (secondary N) is 1.